The summed E-state index contributed by atoms with van der Waals surface area (Å²) in [7, 11) is -2.46. The normalized spacial score (nSPS) is 10.8. The van der Waals surface area contributed by atoms with Crippen molar-refractivity contribution >= 4 is 27.5 Å². The second kappa shape index (κ2) is 9.13. The molecule has 0 aliphatic rings. The van der Waals surface area contributed by atoms with Crippen LogP contribution in [0.3, 0.4) is 0 Å². The molecule has 8 nitrogen and oxygen atoms in total. The van der Waals surface area contributed by atoms with Crippen LogP contribution in [0.5, 0.6) is 11.5 Å². The Morgan fingerprint density at radius 2 is 1.74 bits per heavy atom. The Morgan fingerprint density at radius 3 is 2.33 bits per heavy atom. The van der Waals surface area contributed by atoms with Crippen molar-refractivity contribution in [3.8, 4) is 11.5 Å². The molecule has 27 heavy (non-hydrogen) atoms. The molecular formula is C18H22N2O6S. The van der Waals surface area contributed by atoms with E-state index in [-0.39, 0.29) is 17.2 Å². The summed E-state index contributed by atoms with van der Waals surface area (Å²) in [5, 5.41) is 2.47. The summed E-state index contributed by atoms with van der Waals surface area (Å²) < 4.78 is 43.1. The van der Waals surface area contributed by atoms with Gasteiger partial charge in [-0.15, -0.1) is 0 Å². The van der Waals surface area contributed by atoms with Gasteiger partial charge in [0.2, 0.25) is 0 Å². The van der Waals surface area contributed by atoms with Gasteiger partial charge in [0.15, 0.2) is 0 Å². The SMILES string of the molecule is CCOC(=O)Nc1cc(S(=O)(=O)Nc2ccc(OCC)cc2)ccc1OC. The maximum atomic E-state index is 12.6. The lowest BCUT2D eigenvalue weighted by Crippen LogP contribution is -2.16. The second-order valence-corrected chi connectivity index (χ2v) is 6.95. The van der Waals surface area contributed by atoms with Gasteiger partial charge in [0.05, 0.1) is 30.9 Å². The molecule has 0 saturated heterocycles. The summed E-state index contributed by atoms with van der Waals surface area (Å²) in [6.45, 7) is 4.24. The van der Waals surface area contributed by atoms with Crippen molar-refractivity contribution in [3.63, 3.8) is 0 Å². The van der Waals surface area contributed by atoms with E-state index >= 15 is 0 Å². The summed E-state index contributed by atoms with van der Waals surface area (Å²) in [4.78, 5) is 11.6. The van der Waals surface area contributed by atoms with Crippen LogP contribution in [0.25, 0.3) is 0 Å². The van der Waals surface area contributed by atoms with E-state index in [0.29, 0.717) is 23.8 Å². The van der Waals surface area contributed by atoms with Gasteiger partial charge in [-0.1, -0.05) is 0 Å². The molecule has 9 heteroatoms. The number of ether oxygens (including phenoxy) is 3. The highest BCUT2D eigenvalue weighted by Gasteiger charge is 2.18. The number of anilines is 2. The molecule has 0 radical (unpaired) electrons. The Bertz CT molecular complexity index is 881. The van der Waals surface area contributed by atoms with E-state index in [0.717, 1.165) is 0 Å². The van der Waals surface area contributed by atoms with Crippen molar-refractivity contribution in [1.29, 1.82) is 0 Å². The average Bonchev–Trinajstić information content (AvgIpc) is 2.63. The first-order valence-electron chi connectivity index (χ1n) is 8.27. The molecule has 2 aromatic rings. The van der Waals surface area contributed by atoms with Crippen LogP contribution < -0.4 is 19.5 Å². The van der Waals surface area contributed by atoms with Gasteiger partial charge in [-0.2, -0.15) is 0 Å². The summed E-state index contributed by atoms with van der Waals surface area (Å²) in [6, 6.07) is 10.7. The van der Waals surface area contributed by atoms with Gasteiger partial charge < -0.3 is 14.2 Å². The van der Waals surface area contributed by atoms with Crippen molar-refractivity contribution in [3.05, 3.63) is 42.5 Å². The Balaban J connectivity index is 2.25. The molecule has 2 aromatic carbocycles. The first kappa shape index (κ1) is 20.4. The molecule has 0 spiro atoms. The second-order valence-electron chi connectivity index (χ2n) is 5.27. The van der Waals surface area contributed by atoms with Gasteiger partial charge in [-0.25, -0.2) is 13.2 Å². The van der Waals surface area contributed by atoms with Crippen molar-refractivity contribution in [1.82, 2.24) is 0 Å². The minimum absolute atomic E-state index is 0.0380. The van der Waals surface area contributed by atoms with Crippen LogP contribution in [0.2, 0.25) is 0 Å². The Morgan fingerprint density at radius 1 is 1.04 bits per heavy atom. The van der Waals surface area contributed by atoms with Crippen molar-refractivity contribution in [2.45, 2.75) is 18.7 Å². The minimum atomic E-state index is -3.87. The van der Waals surface area contributed by atoms with Crippen LogP contribution in [0.1, 0.15) is 13.8 Å². The number of rotatable bonds is 8. The molecule has 0 unspecified atom stereocenters. The third-order valence-electron chi connectivity index (χ3n) is 3.41. The molecule has 2 rings (SSSR count). The summed E-state index contributed by atoms with van der Waals surface area (Å²) in [6.07, 6.45) is -0.704. The topological polar surface area (TPSA) is 103 Å². The lowest BCUT2D eigenvalue weighted by molar-refractivity contribution is 0.168. The fraction of sp³-hybridized carbons (Fsp3) is 0.278. The van der Waals surface area contributed by atoms with E-state index in [1.54, 1.807) is 31.2 Å². The number of hydrogen-bond donors (Lipinski definition) is 2. The molecule has 0 heterocycles. The number of nitrogens with one attached hydrogen (secondary N) is 2. The molecule has 0 fully saturated rings. The van der Waals surface area contributed by atoms with Crippen LogP contribution in [0.15, 0.2) is 47.4 Å². The highest BCUT2D eigenvalue weighted by molar-refractivity contribution is 7.92. The van der Waals surface area contributed by atoms with Crippen LogP contribution in [-0.2, 0) is 14.8 Å². The van der Waals surface area contributed by atoms with Gasteiger partial charge in [-0.05, 0) is 56.3 Å². The molecule has 146 valence electrons. The van der Waals surface area contributed by atoms with E-state index in [4.69, 9.17) is 14.2 Å². The fourth-order valence-electron chi connectivity index (χ4n) is 2.23. The molecule has 2 N–H and O–H groups in total. The number of sulfonamides is 1. The maximum Gasteiger partial charge on any atom is 0.411 e. The van der Waals surface area contributed by atoms with Crippen LogP contribution >= 0.6 is 0 Å². The van der Waals surface area contributed by atoms with E-state index in [9.17, 15) is 13.2 Å². The zero-order valence-electron chi connectivity index (χ0n) is 15.3. The molecule has 0 saturated carbocycles. The van der Waals surface area contributed by atoms with Crippen molar-refractivity contribution in [2.75, 3.05) is 30.4 Å². The number of carbonyl (C=O) groups is 1. The van der Waals surface area contributed by atoms with Crippen molar-refractivity contribution < 1.29 is 27.4 Å². The zero-order valence-corrected chi connectivity index (χ0v) is 16.1. The van der Waals surface area contributed by atoms with Gasteiger partial charge in [0.25, 0.3) is 10.0 Å². The largest absolute Gasteiger partial charge is 0.495 e. The van der Waals surface area contributed by atoms with E-state index in [1.807, 2.05) is 6.92 Å². The Kier molecular flexibility index (Phi) is 6.89. The monoisotopic (exact) mass is 394 g/mol. The smallest absolute Gasteiger partial charge is 0.411 e. The summed E-state index contributed by atoms with van der Waals surface area (Å²) in [5.74, 6) is 0.953. The van der Waals surface area contributed by atoms with Crippen LogP contribution in [0, 0.1) is 0 Å². The molecule has 1 amide bonds. The van der Waals surface area contributed by atoms with Crippen molar-refractivity contribution in [2.24, 2.45) is 0 Å². The first-order valence-corrected chi connectivity index (χ1v) is 9.75. The Labute approximate surface area is 158 Å². The lowest BCUT2D eigenvalue weighted by Gasteiger charge is -2.13. The van der Waals surface area contributed by atoms with E-state index in [2.05, 4.69) is 10.0 Å². The molecule has 0 atom stereocenters. The predicted molar refractivity (Wildman–Crippen MR) is 102 cm³/mol. The van der Waals surface area contributed by atoms with Gasteiger partial charge in [-0.3, -0.25) is 10.0 Å². The standard InChI is InChI=1S/C18H22N2O6S/c1-4-25-14-8-6-13(7-9-14)20-27(22,23)15-10-11-17(24-3)16(12-15)19-18(21)26-5-2/h6-12,20H,4-5H2,1-3H3,(H,19,21). The van der Waals surface area contributed by atoms with Gasteiger partial charge >= 0.3 is 6.09 Å². The van der Waals surface area contributed by atoms with E-state index < -0.39 is 16.1 Å². The molecule has 0 aliphatic carbocycles. The first-order chi connectivity index (χ1) is 12.9. The number of carbonyl (C=O) groups excluding carboxylic acids is 1. The van der Waals surface area contributed by atoms with Crippen LogP contribution in [-0.4, -0.2) is 34.8 Å². The molecular weight excluding hydrogens is 372 g/mol. The number of amides is 1. The quantitative estimate of drug-likeness (QED) is 0.711. The maximum absolute atomic E-state index is 12.6. The number of methoxy groups -OCH3 is 1. The van der Waals surface area contributed by atoms with Gasteiger partial charge in [0.1, 0.15) is 11.5 Å². The van der Waals surface area contributed by atoms with Crippen LogP contribution in [0.4, 0.5) is 16.2 Å². The minimum Gasteiger partial charge on any atom is -0.495 e. The third kappa shape index (κ3) is 5.52. The number of hydrogen-bond acceptors (Lipinski definition) is 6. The average molecular weight is 394 g/mol. The molecule has 0 aromatic heterocycles. The molecule has 0 bridgehead atoms. The highest BCUT2D eigenvalue weighted by Crippen LogP contribution is 2.29. The fourth-order valence-corrected chi connectivity index (χ4v) is 3.31. The summed E-state index contributed by atoms with van der Waals surface area (Å²) in [5.41, 5.74) is 0.569. The Hall–Kier alpha value is -2.94. The van der Waals surface area contributed by atoms with Gasteiger partial charge in [0, 0.05) is 5.69 Å². The lowest BCUT2D eigenvalue weighted by atomic mass is 10.3. The predicted octanol–water partition coefficient (Wildman–Crippen LogP) is 3.46. The highest BCUT2D eigenvalue weighted by atomic mass is 32.2. The number of benzene rings is 2. The molecule has 0 aliphatic heterocycles. The van der Waals surface area contributed by atoms with E-state index in [1.165, 1.54) is 25.3 Å². The summed E-state index contributed by atoms with van der Waals surface area (Å²) >= 11 is 0. The third-order valence-corrected chi connectivity index (χ3v) is 4.79. The zero-order chi connectivity index (χ0) is 19.9.